The van der Waals surface area contributed by atoms with Gasteiger partial charge in [0.1, 0.15) is 5.75 Å². The number of β-amino-alcohol motifs (C(OH)–C–C–N with tert-alkyl or cyclic N) is 1. The fraction of sp³-hybridized carbons (Fsp3) is 0.536. The third-order valence-electron chi connectivity index (χ3n) is 7.18. The Labute approximate surface area is 220 Å². The quantitative estimate of drug-likeness (QED) is 0.485. The second-order valence-electron chi connectivity index (χ2n) is 10.5. The Balaban J connectivity index is 1.32. The fourth-order valence-electron chi connectivity index (χ4n) is 5.49. The summed E-state index contributed by atoms with van der Waals surface area (Å²) in [7, 11) is -1.16. The first-order chi connectivity index (χ1) is 17.7. The van der Waals surface area contributed by atoms with Crippen LogP contribution in [0.15, 0.2) is 42.5 Å². The van der Waals surface area contributed by atoms with Crippen molar-refractivity contribution in [3.05, 3.63) is 64.7 Å². The van der Waals surface area contributed by atoms with Crippen molar-refractivity contribution in [2.24, 2.45) is 0 Å². The number of carbonyl (C=O) groups excluding carboxylic acids is 1. The summed E-state index contributed by atoms with van der Waals surface area (Å²) in [6, 6.07) is 13.8. The lowest BCUT2D eigenvalue weighted by Crippen LogP contribution is -2.43. The first kappa shape index (κ1) is 27.6. The molecule has 1 fully saturated rings. The topological polar surface area (TPSA) is 99.2 Å². The van der Waals surface area contributed by atoms with Crippen LogP contribution < -0.4 is 10.1 Å². The molecule has 0 saturated carbocycles. The van der Waals surface area contributed by atoms with Crippen molar-refractivity contribution in [1.82, 2.24) is 15.1 Å². The number of ether oxygens (including phenoxy) is 1. The summed E-state index contributed by atoms with van der Waals surface area (Å²) in [6.45, 7) is 3.95. The number of likely N-dealkylation sites (tertiary alicyclic amines) is 1. The molecule has 202 valence electrons. The molecule has 2 N–H and O–H groups in total. The van der Waals surface area contributed by atoms with Gasteiger partial charge in [0.15, 0.2) is 16.4 Å². The number of aliphatic hydroxyl groups is 1. The second kappa shape index (κ2) is 12.4. The van der Waals surface area contributed by atoms with Crippen LogP contribution in [-0.2, 0) is 33.4 Å². The van der Waals surface area contributed by atoms with Gasteiger partial charge in [-0.25, -0.2) is 8.42 Å². The number of hydrogen-bond acceptors (Lipinski definition) is 7. The molecule has 2 aromatic rings. The number of hydrogen-bond donors (Lipinski definition) is 2. The van der Waals surface area contributed by atoms with Crippen LogP contribution in [-0.4, -0.2) is 88.0 Å². The van der Waals surface area contributed by atoms with E-state index in [4.69, 9.17) is 4.74 Å². The van der Waals surface area contributed by atoms with Crippen molar-refractivity contribution in [3.8, 4) is 5.75 Å². The molecule has 0 spiro atoms. The number of rotatable bonds is 10. The van der Waals surface area contributed by atoms with Gasteiger partial charge < -0.3 is 20.1 Å². The number of carbonyl (C=O) groups is 1. The van der Waals surface area contributed by atoms with Crippen molar-refractivity contribution in [2.45, 2.75) is 43.6 Å². The molecule has 4 rings (SSSR count). The smallest absolute Gasteiger partial charge is 0.258 e. The van der Waals surface area contributed by atoms with Gasteiger partial charge in [-0.15, -0.1) is 0 Å². The summed E-state index contributed by atoms with van der Waals surface area (Å²) in [5, 5.41) is 13.3. The van der Waals surface area contributed by atoms with Crippen molar-refractivity contribution >= 4 is 15.7 Å². The van der Waals surface area contributed by atoms with Crippen molar-refractivity contribution in [1.29, 1.82) is 0 Å². The molecule has 1 saturated heterocycles. The first-order valence-corrected chi connectivity index (χ1v) is 15.1. The second-order valence-corrected chi connectivity index (χ2v) is 12.6. The molecule has 8 nitrogen and oxygen atoms in total. The van der Waals surface area contributed by atoms with Crippen LogP contribution in [0.25, 0.3) is 0 Å². The molecule has 0 aliphatic carbocycles. The Bertz CT molecular complexity index is 1190. The summed E-state index contributed by atoms with van der Waals surface area (Å²) in [6.07, 6.45) is 3.48. The zero-order valence-electron chi connectivity index (χ0n) is 21.9. The van der Waals surface area contributed by atoms with Gasteiger partial charge in [-0.05, 0) is 55.6 Å². The van der Waals surface area contributed by atoms with E-state index in [9.17, 15) is 18.3 Å². The number of benzene rings is 2. The van der Waals surface area contributed by atoms with Crippen molar-refractivity contribution in [2.75, 3.05) is 52.6 Å². The van der Waals surface area contributed by atoms with E-state index in [1.165, 1.54) is 17.4 Å². The molecule has 2 aliphatic rings. The van der Waals surface area contributed by atoms with Gasteiger partial charge in [-0.1, -0.05) is 36.4 Å². The molecular formula is C28H39N3O5S. The van der Waals surface area contributed by atoms with Gasteiger partial charge in [0.25, 0.3) is 5.91 Å². The minimum Gasteiger partial charge on any atom is -0.483 e. The molecule has 1 amide bonds. The third kappa shape index (κ3) is 8.01. The molecule has 2 atom stereocenters. The van der Waals surface area contributed by atoms with Crippen LogP contribution >= 0.6 is 0 Å². The molecule has 1 unspecified atom stereocenters. The van der Waals surface area contributed by atoms with Gasteiger partial charge in [0, 0.05) is 50.5 Å². The Kier molecular flexibility index (Phi) is 9.23. The zero-order chi connectivity index (χ0) is 26.4. The number of nitrogens with one attached hydrogen (secondary N) is 1. The average Bonchev–Trinajstić information content (AvgIpc) is 2.85. The molecule has 2 heterocycles. The van der Waals surface area contributed by atoms with E-state index in [0.717, 1.165) is 56.6 Å². The summed E-state index contributed by atoms with van der Waals surface area (Å²) in [4.78, 5) is 17.0. The van der Waals surface area contributed by atoms with Crippen LogP contribution in [0.2, 0.25) is 0 Å². The van der Waals surface area contributed by atoms with Crippen LogP contribution in [0.3, 0.4) is 0 Å². The summed E-state index contributed by atoms with van der Waals surface area (Å²) < 4.78 is 30.1. The maximum absolute atomic E-state index is 12.6. The predicted molar refractivity (Wildman–Crippen MR) is 144 cm³/mol. The number of likely N-dealkylation sites (N-methyl/N-ethyl adjacent to an activating group) is 1. The highest BCUT2D eigenvalue weighted by molar-refractivity contribution is 7.89. The molecule has 2 aromatic carbocycles. The lowest BCUT2D eigenvalue weighted by Gasteiger charge is -2.32. The van der Waals surface area contributed by atoms with E-state index in [1.54, 1.807) is 6.07 Å². The van der Waals surface area contributed by atoms with Crippen molar-refractivity contribution in [3.63, 3.8) is 0 Å². The van der Waals surface area contributed by atoms with E-state index >= 15 is 0 Å². The van der Waals surface area contributed by atoms with Crippen LogP contribution in [0.5, 0.6) is 5.75 Å². The molecule has 0 bridgehead atoms. The Hall–Kier alpha value is -2.46. The number of nitrogens with zero attached hydrogens (tertiary/aromatic N) is 2. The fourth-order valence-corrected chi connectivity index (χ4v) is 6.30. The summed E-state index contributed by atoms with van der Waals surface area (Å²) in [5.74, 6) is 0.331. The number of aliphatic hydroxyl groups excluding tert-OH is 1. The minimum atomic E-state index is -3.23. The number of piperidine rings is 1. The minimum absolute atomic E-state index is 0.0564. The molecule has 9 heteroatoms. The highest BCUT2D eigenvalue weighted by Crippen LogP contribution is 2.36. The largest absolute Gasteiger partial charge is 0.483 e. The average molecular weight is 530 g/mol. The van der Waals surface area contributed by atoms with Gasteiger partial charge in [-0.2, -0.15) is 0 Å². The van der Waals surface area contributed by atoms with Crippen LogP contribution in [0.4, 0.5) is 0 Å². The maximum Gasteiger partial charge on any atom is 0.258 e. The Morgan fingerprint density at radius 2 is 1.95 bits per heavy atom. The van der Waals surface area contributed by atoms with E-state index in [0.29, 0.717) is 12.3 Å². The lowest BCUT2D eigenvalue weighted by molar-refractivity contribution is -0.123. The zero-order valence-corrected chi connectivity index (χ0v) is 22.7. The monoisotopic (exact) mass is 529 g/mol. The molecule has 0 aromatic heterocycles. The number of fused-ring (bicyclic) bond motifs is 1. The maximum atomic E-state index is 12.6. The van der Waals surface area contributed by atoms with Gasteiger partial charge in [0.05, 0.1) is 11.9 Å². The lowest BCUT2D eigenvalue weighted by atomic mass is 9.87. The first-order valence-electron chi connectivity index (χ1n) is 13.0. The summed E-state index contributed by atoms with van der Waals surface area (Å²) >= 11 is 0. The number of amides is 1. The van der Waals surface area contributed by atoms with E-state index < -0.39 is 15.9 Å². The third-order valence-corrected chi connectivity index (χ3v) is 8.01. The SMILES string of the molecule is CN1CCCC(c2c(CS(C)(=O)=O)cccc2OCC(=O)NC[C@@H](O)CN2CCc3ccccc3C2)C1. The standard InChI is InChI=1S/C28H39N3O5S/c1-30-13-6-10-23(16-30)28-24(20-37(2,34)35)9-5-11-26(28)36-19-27(33)29-15-25(32)18-31-14-12-21-7-3-4-8-22(21)17-31/h3-5,7-9,11,23,25,32H,6,10,12-20H2,1-2H3,(H,29,33)/t23?,25-/m1/s1. The van der Waals surface area contributed by atoms with Gasteiger partial charge in [0.2, 0.25) is 0 Å². The molecular weight excluding hydrogens is 490 g/mol. The van der Waals surface area contributed by atoms with E-state index in [-0.39, 0.29) is 30.7 Å². The molecule has 37 heavy (non-hydrogen) atoms. The van der Waals surface area contributed by atoms with Crippen LogP contribution in [0.1, 0.15) is 41.0 Å². The molecule has 2 aliphatic heterocycles. The highest BCUT2D eigenvalue weighted by Gasteiger charge is 2.26. The van der Waals surface area contributed by atoms with Crippen LogP contribution in [0, 0.1) is 0 Å². The Morgan fingerprint density at radius 3 is 2.70 bits per heavy atom. The summed E-state index contributed by atoms with van der Waals surface area (Å²) in [5.41, 5.74) is 4.27. The normalized spacial score (nSPS) is 19.7. The van der Waals surface area contributed by atoms with Crippen molar-refractivity contribution < 1.29 is 23.1 Å². The highest BCUT2D eigenvalue weighted by atomic mass is 32.2. The predicted octanol–water partition coefficient (Wildman–Crippen LogP) is 1.95. The van der Waals surface area contributed by atoms with E-state index in [1.807, 2.05) is 18.2 Å². The molecule has 0 radical (unpaired) electrons. The van der Waals surface area contributed by atoms with Gasteiger partial charge >= 0.3 is 0 Å². The van der Waals surface area contributed by atoms with E-state index in [2.05, 4.69) is 40.4 Å². The Morgan fingerprint density at radius 1 is 1.16 bits per heavy atom. The number of sulfone groups is 1. The van der Waals surface area contributed by atoms with Gasteiger partial charge in [-0.3, -0.25) is 9.69 Å².